The normalized spacial score (nSPS) is 28.3. The molecule has 0 bridgehead atoms. The van der Waals surface area contributed by atoms with E-state index in [4.69, 9.17) is 14.5 Å². The number of likely N-dealkylation sites (N-methyl/N-ethyl adjacent to an activating group) is 1. The number of phosphoric ester groups is 1. The molecule has 220 valence electrons. The number of benzene rings is 1. The van der Waals surface area contributed by atoms with E-state index in [9.17, 15) is 37.5 Å². The molecule has 1 saturated heterocycles. The highest BCUT2D eigenvalue weighted by atomic mass is 31.2. The van der Waals surface area contributed by atoms with Crippen molar-refractivity contribution in [1.29, 1.82) is 0 Å². The SMILES string of the molecule is CN1CC(C(F)(F)F)=C(c2ccccc2)CC1(C)Cn1c(=O)ccn([C@@H]2O[C@H](COP(=O)(O)O)C(O)C2O)c1=O. The standard InChI is InChI=1S/C24H29F3N3O9P/c1-23(10-15(14-6-4-3-5-7-14)16(11-28(23)2)24(25,26)27)13-30-18(31)8-9-29(22(30)34)21-20(33)19(32)17(39-21)12-38-40(35,36)37/h3-9,17,19-21,32-33H,10-13H2,1-2H3,(H2,35,36,37)/t17-,19?,20?,21-,23?/m1/s1. The van der Waals surface area contributed by atoms with Gasteiger partial charge in [0.05, 0.1) is 12.2 Å². The Labute approximate surface area is 225 Å². The lowest BCUT2D eigenvalue weighted by Crippen LogP contribution is -2.55. The molecule has 12 nitrogen and oxygen atoms in total. The van der Waals surface area contributed by atoms with Crippen molar-refractivity contribution in [3.05, 3.63) is 74.6 Å². The summed E-state index contributed by atoms with van der Waals surface area (Å²) in [5, 5.41) is 20.8. The molecule has 0 radical (unpaired) electrons. The van der Waals surface area contributed by atoms with E-state index in [2.05, 4.69) is 4.52 Å². The monoisotopic (exact) mass is 591 g/mol. The minimum Gasteiger partial charge on any atom is -0.387 e. The van der Waals surface area contributed by atoms with Crippen LogP contribution in [-0.4, -0.2) is 84.3 Å². The van der Waals surface area contributed by atoms with Gasteiger partial charge < -0.3 is 24.7 Å². The number of rotatable bonds is 7. The second-order valence-corrected chi connectivity index (χ2v) is 11.4. The lowest BCUT2D eigenvalue weighted by molar-refractivity contribution is -0.0991. The molecule has 1 aromatic heterocycles. The van der Waals surface area contributed by atoms with Crippen LogP contribution in [0.4, 0.5) is 13.2 Å². The Morgan fingerprint density at radius 3 is 2.38 bits per heavy atom. The van der Waals surface area contributed by atoms with Gasteiger partial charge in [0.15, 0.2) is 6.23 Å². The molecule has 1 aromatic carbocycles. The van der Waals surface area contributed by atoms with Gasteiger partial charge in [-0.1, -0.05) is 30.3 Å². The number of alkyl halides is 3. The molecule has 2 aliphatic rings. The molecule has 0 aliphatic carbocycles. The first-order chi connectivity index (χ1) is 18.5. The predicted octanol–water partition coefficient (Wildman–Crippen LogP) is 0.849. The van der Waals surface area contributed by atoms with Gasteiger partial charge in [-0.3, -0.25) is 23.4 Å². The van der Waals surface area contributed by atoms with E-state index in [0.29, 0.717) is 5.56 Å². The second kappa shape index (κ2) is 11.0. The fraction of sp³-hybridized carbons (Fsp3) is 0.500. The topological polar surface area (TPSA) is 164 Å². The van der Waals surface area contributed by atoms with Crippen molar-refractivity contribution in [2.45, 2.75) is 56.1 Å². The number of nitrogens with zero attached hydrogens (tertiary/aromatic N) is 3. The van der Waals surface area contributed by atoms with Gasteiger partial charge in [-0.25, -0.2) is 9.36 Å². The minimum atomic E-state index is -4.92. The van der Waals surface area contributed by atoms with Crippen LogP contribution in [0.3, 0.4) is 0 Å². The lowest BCUT2D eigenvalue weighted by Gasteiger charge is -2.45. The molecule has 16 heteroatoms. The molecular weight excluding hydrogens is 562 g/mol. The molecular formula is C24H29F3N3O9P. The van der Waals surface area contributed by atoms with Crippen LogP contribution in [0.5, 0.6) is 0 Å². The predicted molar refractivity (Wildman–Crippen MR) is 134 cm³/mol. The molecule has 4 rings (SSSR count). The van der Waals surface area contributed by atoms with E-state index in [-0.39, 0.29) is 18.5 Å². The highest BCUT2D eigenvalue weighted by Crippen LogP contribution is 2.43. The van der Waals surface area contributed by atoms with E-state index < -0.39 is 74.1 Å². The van der Waals surface area contributed by atoms with Crippen molar-refractivity contribution in [2.24, 2.45) is 0 Å². The molecule has 0 spiro atoms. The molecule has 4 N–H and O–H groups in total. The number of aromatic nitrogens is 2. The number of hydrogen-bond donors (Lipinski definition) is 4. The fourth-order valence-electron chi connectivity index (χ4n) is 4.98. The number of aliphatic hydroxyl groups is 2. The van der Waals surface area contributed by atoms with Crippen molar-refractivity contribution < 1.29 is 47.0 Å². The number of ether oxygens (including phenoxy) is 1. The summed E-state index contributed by atoms with van der Waals surface area (Å²) >= 11 is 0. The third-order valence-corrected chi connectivity index (χ3v) is 7.80. The molecule has 0 amide bonds. The van der Waals surface area contributed by atoms with Gasteiger partial charge in [-0.15, -0.1) is 0 Å². The summed E-state index contributed by atoms with van der Waals surface area (Å²) < 4.78 is 64.4. The van der Waals surface area contributed by atoms with Crippen LogP contribution >= 0.6 is 7.82 Å². The number of phosphoric acid groups is 1. The fourth-order valence-corrected chi connectivity index (χ4v) is 5.32. The van der Waals surface area contributed by atoms with E-state index in [1.165, 1.54) is 11.9 Å². The van der Waals surface area contributed by atoms with Crippen LogP contribution in [0.2, 0.25) is 0 Å². The van der Waals surface area contributed by atoms with Crippen LogP contribution in [0.25, 0.3) is 5.57 Å². The van der Waals surface area contributed by atoms with Crippen LogP contribution in [0.15, 0.2) is 57.8 Å². The minimum absolute atomic E-state index is 0.0450. The Hall–Kier alpha value is -2.62. The summed E-state index contributed by atoms with van der Waals surface area (Å²) in [5.41, 5.74) is -3.16. The van der Waals surface area contributed by atoms with Gasteiger partial charge >= 0.3 is 19.7 Å². The van der Waals surface area contributed by atoms with Crippen LogP contribution < -0.4 is 11.2 Å². The first-order valence-electron chi connectivity index (χ1n) is 12.1. The maximum atomic E-state index is 14.0. The van der Waals surface area contributed by atoms with E-state index in [0.717, 1.165) is 21.4 Å². The third kappa shape index (κ3) is 6.16. The Kier molecular flexibility index (Phi) is 8.33. The van der Waals surface area contributed by atoms with Gasteiger partial charge in [0.2, 0.25) is 0 Å². The molecule has 2 aromatic rings. The van der Waals surface area contributed by atoms with Gasteiger partial charge in [0, 0.05) is 30.9 Å². The molecule has 0 saturated carbocycles. The molecule has 5 atom stereocenters. The van der Waals surface area contributed by atoms with Gasteiger partial charge in [-0.2, -0.15) is 13.2 Å². The summed E-state index contributed by atoms with van der Waals surface area (Å²) in [6.45, 7) is 0.0241. The van der Waals surface area contributed by atoms with Crippen LogP contribution in [-0.2, 0) is 20.4 Å². The number of halogens is 3. The average molecular weight is 591 g/mol. The lowest BCUT2D eigenvalue weighted by atomic mass is 9.81. The summed E-state index contributed by atoms with van der Waals surface area (Å²) in [5.74, 6) is 0. The first kappa shape index (κ1) is 30.3. The Morgan fingerprint density at radius 2 is 1.77 bits per heavy atom. The van der Waals surface area contributed by atoms with E-state index in [1.807, 2.05) is 0 Å². The first-order valence-corrected chi connectivity index (χ1v) is 13.6. The molecule has 3 heterocycles. The Bertz CT molecular complexity index is 1440. The summed E-state index contributed by atoms with van der Waals surface area (Å²) in [4.78, 5) is 45.5. The third-order valence-electron chi connectivity index (χ3n) is 7.32. The number of hydrogen-bond acceptors (Lipinski definition) is 8. The highest BCUT2D eigenvalue weighted by Gasteiger charge is 2.47. The van der Waals surface area contributed by atoms with Gasteiger partial charge in [0.25, 0.3) is 5.56 Å². The van der Waals surface area contributed by atoms with Gasteiger partial charge in [0.1, 0.15) is 18.3 Å². The summed E-state index contributed by atoms with van der Waals surface area (Å²) in [7, 11) is -3.46. The zero-order valence-electron chi connectivity index (χ0n) is 21.4. The van der Waals surface area contributed by atoms with Crippen molar-refractivity contribution in [2.75, 3.05) is 20.2 Å². The largest absolute Gasteiger partial charge is 0.469 e. The second-order valence-electron chi connectivity index (χ2n) is 10.1. The Balaban J connectivity index is 1.68. The molecule has 2 aliphatic heterocycles. The summed E-state index contributed by atoms with van der Waals surface area (Å²) in [6.07, 6.45) is -10.1. The van der Waals surface area contributed by atoms with Crippen molar-refractivity contribution in [1.82, 2.24) is 14.0 Å². The maximum Gasteiger partial charge on any atom is 0.469 e. The number of aliphatic hydroxyl groups excluding tert-OH is 2. The Morgan fingerprint density at radius 1 is 1.12 bits per heavy atom. The van der Waals surface area contributed by atoms with E-state index in [1.54, 1.807) is 37.3 Å². The summed E-state index contributed by atoms with van der Waals surface area (Å²) in [6, 6.07) is 9.04. The van der Waals surface area contributed by atoms with Gasteiger partial charge in [-0.05, 0) is 31.5 Å². The molecule has 3 unspecified atom stereocenters. The smallest absolute Gasteiger partial charge is 0.387 e. The zero-order valence-corrected chi connectivity index (χ0v) is 22.3. The van der Waals surface area contributed by atoms with Crippen molar-refractivity contribution >= 4 is 13.4 Å². The molecule has 40 heavy (non-hydrogen) atoms. The van der Waals surface area contributed by atoms with Crippen molar-refractivity contribution in [3.63, 3.8) is 0 Å². The highest BCUT2D eigenvalue weighted by molar-refractivity contribution is 7.46. The zero-order chi connectivity index (χ0) is 29.6. The quantitative estimate of drug-likeness (QED) is 0.340. The van der Waals surface area contributed by atoms with Crippen LogP contribution in [0, 0.1) is 0 Å². The van der Waals surface area contributed by atoms with E-state index >= 15 is 0 Å². The molecule has 1 fully saturated rings. The van der Waals surface area contributed by atoms with Crippen molar-refractivity contribution in [3.8, 4) is 0 Å². The average Bonchev–Trinajstić information content (AvgIpc) is 3.15. The van der Waals surface area contributed by atoms with Crippen LogP contribution in [0.1, 0.15) is 25.1 Å². The maximum absolute atomic E-state index is 14.0.